The summed E-state index contributed by atoms with van der Waals surface area (Å²) in [6.07, 6.45) is -3.05. The van der Waals surface area contributed by atoms with E-state index in [9.17, 15) is 52.2 Å². The van der Waals surface area contributed by atoms with Crippen LogP contribution in [0, 0.1) is 39.9 Å². The van der Waals surface area contributed by atoms with Crippen LogP contribution in [0.3, 0.4) is 0 Å². The molecule has 0 unspecified atom stereocenters. The molecule has 34 heavy (non-hydrogen) atoms. The molecule has 1 heterocycles. The van der Waals surface area contributed by atoms with Crippen LogP contribution < -0.4 is 34.5 Å². The van der Waals surface area contributed by atoms with E-state index in [4.69, 9.17) is 5.11 Å². The predicted molar refractivity (Wildman–Crippen MR) is 103 cm³/mol. The molecule has 0 aromatic rings. The summed E-state index contributed by atoms with van der Waals surface area (Å²) in [5.74, 6) is 0. The fourth-order valence-corrected chi connectivity index (χ4v) is 5.97. The molecular weight excluding hydrogens is 685 g/mol. The number of rotatable bonds is 8. The molecule has 1 saturated heterocycles. The van der Waals surface area contributed by atoms with Crippen molar-refractivity contribution >= 4 is 30.5 Å². The third-order valence-electron chi connectivity index (χ3n) is 4.36. The van der Waals surface area contributed by atoms with Crippen LogP contribution in [0.25, 0.3) is 0 Å². The first kappa shape index (κ1) is 37.6. The van der Waals surface area contributed by atoms with Gasteiger partial charge in [0.25, 0.3) is 0 Å². The zero-order chi connectivity index (χ0) is 25.9. The van der Waals surface area contributed by atoms with Crippen molar-refractivity contribution in [2.45, 2.75) is 0 Å². The zero-order valence-corrected chi connectivity index (χ0v) is 24.2. The second-order valence-electron chi connectivity index (χ2n) is 7.20. The molecule has 203 valence electrons. The van der Waals surface area contributed by atoms with Gasteiger partial charge in [-0.2, -0.15) is 7.11 Å². The van der Waals surface area contributed by atoms with E-state index in [1.165, 1.54) is 14.7 Å². The number of hydrogen-bond donors (Lipinski definition) is 0. The van der Waals surface area contributed by atoms with Crippen molar-refractivity contribution < 1.29 is 97.2 Å². The van der Waals surface area contributed by atoms with Gasteiger partial charge in [0.1, 0.15) is 6.29 Å². The van der Waals surface area contributed by atoms with Gasteiger partial charge in [0.15, 0.2) is 0 Å². The first-order chi connectivity index (χ1) is 15.0. The second-order valence-corrected chi connectivity index (χ2v) is 12.7. The topological polar surface area (TPSA) is 260 Å². The van der Waals surface area contributed by atoms with E-state index >= 15 is 0 Å². The Labute approximate surface area is 230 Å². The van der Waals surface area contributed by atoms with Crippen molar-refractivity contribution in [3.8, 4) is 0 Å². The Kier molecular flexibility index (Phi) is 19.8. The molecule has 0 saturated carbocycles. The van der Waals surface area contributed by atoms with Crippen molar-refractivity contribution in [2.75, 3.05) is 84.6 Å². The van der Waals surface area contributed by atoms with Gasteiger partial charge < -0.3 is 48.2 Å². The van der Waals surface area contributed by atoms with E-state index < -0.39 is 55.6 Å². The van der Waals surface area contributed by atoms with Crippen LogP contribution in [0.5, 0.6) is 0 Å². The van der Waals surface area contributed by atoms with Gasteiger partial charge in [-0.15, -0.1) is 0 Å². The summed E-state index contributed by atoms with van der Waals surface area (Å²) in [6, 6.07) is 0. The van der Waals surface area contributed by atoms with Crippen LogP contribution in [0.1, 0.15) is 0 Å². The molecule has 0 aromatic heterocycles. The summed E-state index contributed by atoms with van der Waals surface area (Å²) >= 11 is 0. The summed E-state index contributed by atoms with van der Waals surface area (Å²) in [5.41, 5.74) is 0. The van der Waals surface area contributed by atoms with E-state index in [1.54, 1.807) is 0 Å². The van der Waals surface area contributed by atoms with E-state index in [0.29, 0.717) is 0 Å². The quantitative estimate of drug-likeness (QED) is 0.212. The van der Waals surface area contributed by atoms with Crippen molar-refractivity contribution in [3.63, 3.8) is 0 Å². The van der Waals surface area contributed by atoms with Gasteiger partial charge in [-0.05, 0) is 0 Å². The van der Waals surface area contributed by atoms with Crippen LogP contribution in [0.15, 0.2) is 0 Å². The molecule has 16 nitrogen and oxygen atoms in total. The largest absolute Gasteiger partial charge is 3.00 e. The first-order valence-electron chi connectivity index (χ1n) is 9.48. The average molecular weight is 713 g/mol. The van der Waals surface area contributed by atoms with Gasteiger partial charge in [-0.3, -0.25) is 19.6 Å². The van der Waals surface area contributed by atoms with Crippen LogP contribution in [0.4, 0.5) is 0 Å². The smallest absolute Gasteiger partial charge is 0.857 e. The first-order valence-corrected chi connectivity index (χ1v) is 16.0. The maximum Gasteiger partial charge on any atom is 3.00 e. The summed E-state index contributed by atoms with van der Waals surface area (Å²) in [4.78, 5) is 72.1. The van der Waals surface area contributed by atoms with Crippen molar-refractivity contribution in [1.82, 2.24) is 19.6 Å². The van der Waals surface area contributed by atoms with Gasteiger partial charge >= 0.3 is 47.6 Å². The van der Waals surface area contributed by atoms with E-state index in [1.807, 2.05) is 0 Å². The predicted octanol–water partition coefficient (Wildman–Crippen LogP) is -6.07. The molecule has 0 amide bonds. The van der Waals surface area contributed by atoms with Gasteiger partial charge in [0.05, 0.1) is 0 Å². The second kappa shape index (κ2) is 17.9. The van der Waals surface area contributed by atoms with Gasteiger partial charge in [0, 0.05) is 71.2 Å². The maximum absolute atomic E-state index is 11.2. The summed E-state index contributed by atoms with van der Waals surface area (Å²) < 4.78 is 55.8. The third kappa shape index (κ3) is 21.5. The Morgan fingerprint density at radius 1 is 0.559 bits per heavy atom. The summed E-state index contributed by atoms with van der Waals surface area (Å²) in [7, 11) is -17.0. The van der Waals surface area contributed by atoms with E-state index in [0.717, 1.165) is 12.0 Å². The molecular formula is C13H27GdN4O12P4-4. The molecule has 1 aliphatic heterocycles. The Balaban J connectivity index is 0. The normalized spacial score (nSPS) is 19.2. The minimum Gasteiger partial charge on any atom is -0.857 e. The molecule has 0 N–H and O–H groups in total. The summed E-state index contributed by atoms with van der Waals surface area (Å²) in [5, 5.41) is 8.25. The molecule has 0 spiro atoms. The van der Waals surface area contributed by atoms with Crippen LogP contribution in [0.2, 0.25) is 0 Å². The molecule has 1 fully saturated rings. The molecule has 0 aromatic carbocycles. The molecule has 0 bridgehead atoms. The fraction of sp³-hybridized carbons (Fsp3) is 1.00. The monoisotopic (exact) mass is 713 g/mol. The Morgan fingerprint density at radius 2 is 0.765 bits per heavy atom. The Hall–Kier alpha value is 1.47. The van der Waals surface area contributed by atoms with Crippen LogP contribution in [-0.2, 0) is 22.8 Å². The Morgan fingerprint density at radius 3 is 0.941 bits per heavy atom. The molecule has 1 rings (SSSR count). The van der Waals surface area contributed by atoms with Gasteiger partial charge in [-0.25, -0.2) is 9.13 Å². The number of hydrogen-bond acceptors (Lipinski definition) is 16. The van der Waals surface area contributed by atoms with E-state index in [2.05, 4.69) is 0 Å². The zero-order valence-electron chi connectivity index (χ0n) is 18.3. The van der Waals surface area contributed by atoms with E-state index in [-0.39, 0.29) is 92.3 Å². The SMILES string of the molecule is C[O-].O=P(=O)CN1CCN(CP(=O)([O-])[O-])CCN(CP(=O)([O-])[O-])CCN(CP(=O)([O-])[O-])CC1.[Gd+3]. The molecule has 0 aliphatic carbocycles. The average Bonchev–Trinajstić information content (AvgIpc) is 2.62. The van der Waals surface area contributed by atoms with Gasteiger partial charge in [0.2, 0.25) is 0 Å². The molecule has 1 aliphatic rings. The maximum atomic E-state index is 11.2. The minimum atomic E-state index is -5.00. The summed E-state index contributed by atoms with van der Waals surface area (Å²) in [6.45, 7) is -0.606. The third-order valence-corrected chi connectivity index (χ3v) is 7.24. The standard InChI is InChI=1S/C12H30N4O11P4.CH3O.Gd/c17-28(18)9-13-1-3-14(10-29(19,20)21)5-7-16(12-31(25,26)27)8-6-15(4-2-13)11-30(22,23)24;1-2;/h1-12H2,(H2,19,20,21)(H2,22,23,24)(H2,25,26,27);1H3;/q;-1;+3/p-6. The van der Waals surface area contributed by atoms with Gasteiger partial charge in [-0.1, -0.05) is 22.8 Å². The molecule has 21 heteroatoms. The van der Waals surface area contributed by atoms with Crippen LogP contribution in [-0.4, -0.2) is 104 Å². The van der Waals surface area contributed by atoms with Crippen molar-refractivity contribution in [2.24, 2.45) is 0 Å². The number of nitrogens with zero attached hydrogens (tertiary/aromatic N) is 4. The van der Waals surface area contributed by atoms with Crippen LogP contribution >= 0.6 is 30.5 Å². The molecule has 0 atom stereocenters. The minimum absolute atomic E-state index is 0. The Bertz CT molecular complexity index is 740. The van der Waals surface area contributed by atoms with Crippen molar-refractivity contribution in [3.05, 3.63) is 0 Å². The fourth-order valence-electron chi connectivity index (χ4n) is 3.04. The molecule has 1 radical (unpaired) electrons. The van der Waals surface area contributed by atoms with Crippen molar-refractivity contribution in [1.29, 1.82) is 0 Å².